The number of Topliss-reactive ketones (excluding diaryl/α,β-unsaturated/α-hetero) is 1. The lowest BCUT2D eigenvalue weighted by atomic mass is 10.0. The first-order chi connectivity index (χ1) is 9.62. The summed E-state index contributed by atoms with van der Waals surface area (Å²) in [4.78, 5) is 13.5. The molecule has 1 fully saturated rings. The van der Waals surface area contributed by atoms with Crippen LogP contribution in [-0.2, 0) is 9.53 Å². The molecule has 2 nitrogen and oxygen atoms in total. The summed E-state index contributed by atoms with van der Waals surface area (Å²) in [6.07, 6.45) is 5.49. The molecule has 1 unspecified atom stereocenters. The van der Waals surface area contributed by atoms with Gasteiger partial charge in [0, 0.05) is 30.1 Å². The van der Waals surface area contributed by atoms with Crippen molar-refractivity contribution in [2.75, 3.05) is 7.11 Å². The van der Waals surface area contributed by atoms with E-state index in [0.29, 0.717) is 18.6 Å². The molecule has 0 saturated heterocycles. The van der Waals surface area contributed by atoms with Crippen LogP contribution in [0.3, 0.4) is 0 Å². The van der Waals surface area contributed by atoms with E-state index < -0.39 is 0 Å². The molecule has 1 aromatic carbocycles. The molecule has 2 aliphatic rings. The Morgan fingerprint density at radius 1 is 1.40 bits per heavy atom. The number of ether oxygens (including phenoxy) is 1. The predicted molar refractivity (Wildman–Crippen MR) is 83.0 cm³/mol. The Morgan fingerprint density at radius 2 is 2.15 bits per heavy atom. The Bertz CT molecular complexity index is 558. The second-order valence-corrected chi connectivity index (χ2v) is 7.09. The number of allylic oxidation sites excluding steroid dienone is 1. The van der Waals surface area contributed by atoms with Crippen LogP contribution in [0.4, 0.5) is 0 Å². The molecule has 1 saturated carbocycles. The fourth-order valence-electron chi connectivity index (χ4n) is 2.81. The Kier molecular flexibility index (Phi) is 3.74. The van der Waals surface area contributed by atoms with E-state index in [1.54, 1.807) is 18.9 Å². The Balaban J connectivity index is 1.65. The molecule has 1 heterocycles. The van der Waals surface area contributed by atoms with Gasteiger partial charge in [0.15, 0.2) is 0 Å². The maximum absolute atomic E-state index is 12.2. The minimum atomic E-state index is -0.118. The van der Waals surface area contributed by atoms with Gasteiger partial charge in [0.2, 0.25) is 0 Å². The number of ketones is 1. The number of fused-ring (bicyclic) bond motifs is 1. The smallest absolute Gasteiger partial charge is 0.137 e. The summed E-state index contributed by atoms with van der Waals surface area (Å²) < 4.78 is 5.44. The normalized spacial score (nSPS) is 22.9. The van der Waals surface area contributed by atoms with Crippen molar-refractivity contribution < 1.29 is 9.53 Å². The van der Waals surface area contributed by atoms with Crippen LogP contribution in [0.25, 0.3) is 5.57 Å². The lowest BCUT2D eigenvalue weighted by molar-refractivity contribution is -0.121. The third-order valence-electron chi connectivity index (χ3n) is 4.22. The van der Waals surface area contributed by atoms with Crippen molar-refractivity contribution >= 4 is 23.1 Å². The first-order valence-electron chi connectivity index (χ1n) is 7.13. The van der Waals surface area contributed by atoms with Crippen LogP contribution < -0.4 is 0 Å². The third kappa shape index (κ3) is 2.84. The molecule has 0 radical (unpaired) electrons. The second kappa shape index (κ2) is 5.38. The van der Waals surface area contributed by atoms with Crippen LogP contribution in [0.5, 0.6) is 0 Å². The summed E-state index contributed by atoms with van der Waals surface area (Å²) in [5.74, 6) is 0.324. The molecule has 0 spiro atoms. The zero-order valence-corrected chi connectivity index (χ0v) is 12.8. The number of thioether (sulfide) groups is 1. The van der Waals surface area contributed by atoms with Crippen molar-refractivity contribution in [3.63, 3.8) is 0 Å². The topological polar surface area (TPSA) is 26.3 Å². The Labute approximate surface area is 124 Å². The van der Waals surface area contributed by atoms with E-state index in [0.717, 1.165) is 12.8 Å². The quantitative estimate of drug-likeness (QED) is 0.816. The van der Waals surface area contributed by atoms with Gasteiger partial charge in [-0.3, -0.25) is 4.79 Å². The summed E-state index contributed by atoms with van der Waals surface area (Å²) in [7, 11) is 1.72. The first-order valence-corrected chi connectivity index (χ1v) is 8.01. The molecule has 20 heavy (non-hydrogen) atoms. The molecule has 0 N–H and O–H groups in total. The van der Waals surface area contributed by atoms with Crippen LogP contribution in [0.15, 0.2) is 35.2 Å². The number of benzene rings is 1. The van der Waals surface area contributed by atoms with E-state index in [-0.39, 0.29) is 10.9 Å². The molecule has 106 valence electrons. The summed E-state index contributed by atoms with van der Waals surface area (Å²) >= 11 is 1.81. The van der Waals surface area contributed by atoms with E-state index in [4.69, 9.17) is 4.74 Å². The van der Waals surface area contributed by atoms with Crippen molar-refractivity contribution in [1.82, 2.24) is 0 Å². The van der Waals surface area contributed by atoms with E-state index in [1.807, 2.05) is 0 Å². The molecule has 1 atom stereocenters. The van der Waals surface area contributed by atoms with E-state index in [9.17, 15) is 4.79 Å². The molecule has 1 aliphatic heterocycles. The number of hydrogen-bond acceptors (Lipinski definition) is 3. The molecule has 1 aromatic rings. The van der Waals surface area contributed by atoms with Gasteiger partial charge in [0.1, 0.15) is 5.78 Å². The minimum absolute atomic E-state index is 0.118. The van der Waals surface area contributed by atoms with Gasteiger partial charge in [-0.15, -0.1) is 11.8 Å². The van der Waals surface area contributed by atoms with Crippen LogP contribution >= 0.6 is 11.8 Å². The lowest BCUT2D eigenvalue weighted by Gasteiger charge is -2.22. The standard InChI is InChI=1S/C17H20O2S/c1-12-9-14(20-16-6-4-3-5-15(12)16)10-13(18)11-17(19-2)7-8-17/h3-6,9,14H,7-8,10-11H2,1-2H3. The summed E-state index contributed by atoms with van der Waals surface area (Å²) in [6, 6.07) is 8.42. The highest BCUT2D eigenvalue weighted by molar-refractivity contribution is 8.00. The summed E-state index contributed by atoms with van der Waals surface area (Å²) in [6.45, 7) is 2.13. The van der Waals surface area contributed by atoms with Crippen LogP contribution in [0, 0.1) is 0 Å². The molecular formula is C17H20O2S. The van der Waals surface area contributed by atoms with Gasteiger partial charge in [-0.25, -0.2) is 0 Å². The number of rotatable bonds is 5. The highest BCUT2D eigenvalue weighted by Crippen LogP contribution is 2.44. The fourth-order valence-corrected chi connectivity index (χ4v) is 4.19. The number of carbonyl (C=O) groups excluding carboxylic acids is 1. The molecule has 3 heteroatoms. The van der Waals surface area contributed by atoms with Gasteiger partial charge in [0.05, 0.1) is 5.60 Å². The van der Waals surface area contributed by atoms with Gasteiger partial charge in [0.25, 0.3) is 0 Å². The van der Waals surface area contributed by atoms with Gasteiger partial charge in [-0.2, -0.15) is 0 Å². The lowest BCUT2D eigenvalue weighted by Crippen LogP contribution is -2.20. The largest absolute Gasteiger partial charge is 0.378 e. The molecule has 3 rings (SSSR count). The average molecular weight is 288 g/mol. The van der Waals surface area contributed by atoms with Crippen LogP contribution in [0.1, 0.15) is 38.2 Å². The molecule has 0 bridgehead atoms. The number of methoxy groups -OCH3 is 1. The fraction of sp³-hybridized carbons (Fsp3) is 0.471. The number of carbonyl (C=O) groups is 1. The predicted octanol–water partition coefficient (Wildman–Crippen LogP) is 4.09. The highest BCUT2D eigenvalue weighted by atomic mass is 32.2. The molecule has 0 aromatic heterocycles. The molecule has 0 amide bonds. The summed E-state index contributed by atoms with van der Waals surface area (Å²) in [5.41, 5.74) is 2.47. The van der Waals surface area contributed by atoms with E-state index in [1.165, 1.54) is 16.0 Å². The summed E-state index contributed by atoms with van der Waals surface area (Å²) in [5, 5.41) is 0.269. The second-order valence-electron chi connectivity index (χ2n) is 5.81. The van der Waals surface area contributed by atoms with Crippen molar-refractivity contribution in [2.24, 2.45) is 0 Å². The van der Waals surface area contributed by atoms with E-state index >= 15 is 0 Å². The van der Waals surface area contributed by atoms with Crippen LogP contribution in [-0.4, -0.2) is 23.7 Å². The van der Waals surface area contributed by atoms with Crippen molar-refractivity contribution in [3.05, 3.63) is 35.9 Å². The van der Waals surface area contributed by atoms with Crippen molar-refractivity contribution in [1.29, 1.82) is 0 Å². The van der Waals surface area contributed by atoms with Gasteiger partial charge in [-0.1, -0.05) is 24.3 Å². The Morgan fingerprint density at radius 3 is 2.85 bits per heavy atom. The zero-order chi connectivity index (χ0) is 14.2. The third-order valence-corrected chi connectivity index (χ3v) is 5.43. The maximum atomic E-state index is 12.2. The molecule has 1 aliphatic carbocycles. The monoisotopic (exact) mass is 288 g/mol. The number of hydrogen-bond donors (Lipinski definition) is 0. The van der Waals surface area contributed by atoms with Crippen molar-refractivity contribution in [3.8, 4) is 0 Å². The van der Waals surface area contributed by atoms with E-state index in [2.05, 4.69) is 37.3 Å². The first kappa shape index (κ1) is 13.9. The maximum Gasteiger partial charge on any atom is 0.137 e. The minimum Gasteiger partial charge on any atom is -0.378 e. The van der Waals surface area contributed by atoms with Crippen LogP contribution in [0.2, 0.25) is 0 Å². The average Bonchev–Trinajstić information content (AvgIpc) is 3.19. The van der Waals surface area contributed by atoms with Crippen molar-refractivity contribution in [2.45, 2.75) is 48.4 Å². The van der Waals surface area contributed by atoms with Gasteiger partial charge in [-0.05, 0) is 37.0 Å². The SMILES string of the molecule is COC1(CC(=O)CC2C=C(C)c3ccccc3S2)CC1. The Hall–Kier alpha value is -1.06. The van der Waals surface area contributed by atoms with Gasteiger partial charge < -0.3 is 4.74 Å². The zero-order valence-electron chi connectivity index (χ0n) is 12.0. The molecular weight excluding hydrogens is 268 g/mol. The van der Waals surface area contributed by atoms with Gasteiger partial charge >= 0.3 is 0 Å². The highest BCUT2D eigenvalue weighted by Gasteiger charge is 2.44.